The van der Waals surface area contributed by atoms with Crippen molar-refractivity contribution in [2.75, 3.05) is 0 Å². The summed E-state index contributed by atoms with van der Waals surface area (Å²) in [4.78, 5) is 8.85. The van der Waals surface area contributed by atoms with Crippen molar-refractivity contribution in [2.24, 2.45) is 5.41 Å². The van der Waals surface area contributed by atoms with Crippen LogP contribution in [0.25, 0.3) is 11.3 Å². The monoisotopic (exact) mass is 394 g/mol. The van der Waals surface area contributed by atoms with Gasteiger partial charge in [0.05, 0.1) is 29.9 Å². The number of benzene rings is 1. The van der Waals surface area contributed by atoms with E-state index in [2.05, 4.69) is 68.9 Å². The summed E-state index contributed by atoms with van der Waals surface area (Å²) in [6.07, 6.45) is 8.05. The van der Waals surface area contributed by atoms with Crippen molar-refractivity contribution in [2.45, 2.75) is 78.4 Å². The molecular weight excluding hydrogens is 360 g/mol. The van der Waals surface area contributed by atoms with Crippen LogP contribution in [0, 0.1) is 5.41 Å². The van der Waals surface area contributed by atoms with Gasteiger partial charge in [-0.1, -0.05) is 52.0 Å². The third kappa shape index (κ3) is 3.38. The molecule has 4 atom stereocenters. The van der Waals surface area contributed by atoms with Crippen molar-refractivity contribution < 1.29 is 9.84 Å². The lowest BCUT2D eigenvalue weighted by molar-refractivity contribution is 0.0420. The molecule has 0 aliphatic heterocycles. The average Bonchev–Trinajstić information content (AvgIpc) is 3.26. The van der Waals surface area contributed by atoms with Crippen molar-refractivity contribution >= 4 is 0 Å². The summed E-state index contributed by atoms with van der Waals surface area (Å²) in [6, 6.07) is 8.54. The predicted octanol–water partition coefficient (Wildman–Crippen LogP) is 6.24. The number of ether oxygens (including phenoxy) is 1. The number of rotatable bonds is 8. The molecule has 1 aromatic heterocycles. The molecule has 0 saturated heterocycles. The number of nitrogens with zero attached hydrogens (tertiary/aromatic N) is 2. The van der Waals surface area contributed by atoms with Crippen LogP contribution in [-0.2, 0) is 10.2 Å². The van der Waals surface area contributed by atoms with E-state index in [1.165, 1.54) is 5.56 Å². The SMILES string of the molecule is CC/C(=C(\C)O)C(C)OC1C(CC)(c2ccccc2-c2cnccn2)[C@]1(C)CC. The zero-order chi connectivity index (χ0) is 21.2. The normalized spacial score (nSPS) is 28.0. The van der Waals surface area contributed by atoms with Crippen LogP contribution in [0.4, 0.5) is 0 Å². The van der Waals surface area contributed by atoms with Gasteiger partial charge in [-0.2, -0.15) is 0 Å². The van der Waals surface area contributed by atoms with Gasteiger partial charge in [-0.25, -0.2) is 0 Å². The van der Waals surface area contributed by atoms with Gasteiger partial charge in [0, 0.05) is 28.8 Å². The molecule has 1 heterocycles. The Bertz CT molecular complexity index is 875. The third-order valence-corrected chi connectivity index (χ3v) is 7.18. The number of aromatic nitrogens is 2. The number of aliphatic hydroxyl groups is 1. The molecule has 4 nitrogen and oxygen atoms in total. The molecule has 3 unspecified atom stereocenters. The highest BCUT2D eigenvalue weighted by Crippen LogP contribution is 2.71. The smallest absolute Gasteiger partial charge is 0.0909 e. The first kappa shape index (κ1) is 21.5. The van der Waals surface area contributed by atoms with Crippen LogP contribution in [0.3, 0.4) is 0 Å². The molecule has 0 amide bonds. The highest BCUT2D eigenvalue weighted by Gasteiger charge is 2.74. The van der Waals surface area contributed by atoms with Gasteiger partial charge in [-0.15, -0.1) is 0 Å². The van der Waals surface area contributed by atoms with Crippen molar-refractivity contribution in [1.82, 2.24) is 9.97 Å². The van der Waals surface area contributed by atoms with Crippen molar-refractivity contribution in [3.05, 3.63) is 59.8 Å². The van der Waals surface area contributed by atoms with Gasteiger partial charge in [-0.3, -0.25) is 9.97 Å². The van der Waals surface area contributed by atoms with E-state index in [1.54, 1.807) is 19.3 Å². The van der Waals surface area contributed by atoms with Crippen LogP contribution in [-0.4, -0.2) is 27.3 Å². The minimum absolute atomic E-state index is 0.0243. The summed E-state index contributed by atoms with van der Waals surface area (Å²) in [5, 5.41) is 10.1. The van der Waals surface area contributed by atoms with E-state index in [9.17, 15) is 5.11 Å². The zero-order valence-corrected chi connectivity index (χ0v) is 18.6. The number of allylic oxidation sites excluding steroid dienone is 1. The first-order chi connectivity index (χ1) is 13.9. The Morgan fingerprint density at radius 3 is 2.45 bits per heavy atom. The maximum Gasteiger partial charge on any atom is 0.0909 e. The van der Waals surface area contributed by atoms with Gasteiger partial charge in [0.15, 0.2) is 0 Å². The Hall–Kier alpha value is -2.20. The first-order valence-electron chi connectivity index (χ1n) is 10.8. The molecule has 1 saturated carbocycles. The summed E-state index contributed by atoms with van der Waals surface area (Å²) in [5.41, 5.74) is 4.22. The van der Waals surface area contributed by atoms with Crippen LogP contribution < -0.4 is 0 Å². The number of hydrogen-bond acceptors (Lipinski definition) is 4. The van der Waals surface area contributed by atoms with E-state index < -0.39 is 0 Å². The second kappa shape index (κ2) is 8.27. The van der Waals surface area contributed by atoms with Crippen molar-refractivity contribution in [1.29, 1.82) is 0 Å². The molecule has 1 N–H and O–H groups in total. The average molecular weight is 395 g/mol. The second-order valence-electron chi connectivity index (χ2n) is 8.35. The number of hydrogen-bond donors (Lipinski definition) is 1. The van der Waals surface area contributed by atoms with E-state index >= 15 is 0 Å². The van der Waals surface area contributed by atoms with Gasteiger partial charge in [0.25, 0.3) is 0 Å². The molecule has 1 fully saturated rings. The van der Waals surface area contributed by atoms with Gasteiger partial charge >= 0.3 is 0 Å². The summed E-state index contributed by atoms with van der Waals surface area (Å²) < 4.78 is 6.68. The van der Waals surface area contributed by atoms with E-state index in [4.69, 9.17) is 4.74 Å². The highest BCUT2D eigenvalue weighted by atomic mass is 16.5. The molecule has 1 aliphatic carbocycles. The lowest BCUT2D eigenvalue weighted by Crippen LogP contribution is -2.21. The fourth-order valence-corrected chi connectivity index (χ4v) is 5.37. The molecule has 0 spiro atoms. The Morgan fingerprint density at radius 1 is 1.17 bits per heavy atom. The van der Waals surface area contributed by atoms with Crippen molar-refractivity contribution in [3.63, 3.8) is 0 Å². The quantitative estimate of drug-likeness (QED) is 0.539. The van der Waals surface area contributed by atoms with Crippen LogP contribution in [0.2, 0.25) is 0 Å². The lowest BCUT2D eigenvalue weighted by Gasteiger charge is -2.24. The first-order valence-corrected chi connectivity index (χ1v) is 10.8. The van der Waals surface area contributed by atoms with Crippen LogP contribution in [0.15, 0.2) is 54.2 Å². The van der Waals surface area contributed by atoms with E-state index in [-0.39, 0.29) is 23.0 Å². The molecular formula is C25H34N2O2. The summed E-state index contributed by atoms with van der Waals surface area (Å²) >= 11 is 0. The predicted molar refractivity (Wildman–Crippen MR) is 118 cm³/mol. The van der Waals surface area contributed by atoms with Crippen LogP contribution in [0.1, 0.15) is 66.4 Å². The molecule has 1 aliphatic rings. The van der Waals surface area contributed by atoms with Gasteiger partial charge in [-0.05, 0) is 44.2 Å². The highest BCUT2D eigenvalue weighted by molar-refractivity contribution is 5.67. The summed E-state index contributed by atoms with van der Waals surface area (Å²) in [7, 11) is 0. The summed E-state index contributed by atoms with van der Waals surface area (Å²) in [5.74, 6) is 0.376. The zero-order valence-electron chi connectivity index (χ0n) is 18.6. The topological polar surface area (TPSA) is 55.2 Å². The molecule has 156 valence electrons. The molecule has 0 bridgehead atoms. The van der Waals surface area contributed by atoms with Gasteiger partial charge in [0.1, 0.15) is 0 Å². The Balaban J connectivity index is 2.06. The fraction of sp³-hybridized carbons (Fsp3) is 0.520. The molecule has 2 aromatic rings. The van der Waals surface area contributed by atoms with Crippen LogP contribution >= 0.6 is 0 Å². The van der Waals surface area contributed by atoms with Crippen molar-refractivity contribution in [3.8, 4) is 11.3 Å². The Kier molecular flexibility index (Phi) is 6.13. The van der Waals surface area contributed by atoms with E-state index in [0.717, 1.165) is 36.1 Å². The van der Waals surface area contributed by atoms with E-state index in [1.807, 2.05) is 6.20 Å². The third-order valence-electron chi connectivity index (χ3n) is 7.18. The molecule has 1 aromatic carbocycles. The second-order valence-corrected chi connectivity index (χ2v) is 8.35. The van der Waals surface area contributed by atoms with Gasteiger partial charge in [0.2, 0.25) is 0 Å². The largest absolute Gasteiger partial charge is 0.513 e. The fourth-order valence-electron chi connectivity index (χ4n) is 5.37. The lowest BCUT2D eigenvalue weighted by atomic mass is 9.80. The molecule has 3 rings (SSSR count). The maximum absolute atomic E-state index is 10.1. The molecule has 0 radical (unpaired) electrons. The Morgan fingerprint density at radius 2 is 1.90 bits per heavy atom. The molecule has 4 heteroatoms. The van der Waals surface area contributed by atoms with Gasteiger partial charge < -0.3 is 9.84 Å². The molecule has 29 heavy (non-hydrogen) atoms. The standard InChI is InChI=1S/C25H34N2O2/c1-7-19(17(4)28)18(5)29-23-24(6,8-2)25(23,9-3)21-13-11-10-12-20(21)22-16-26-14-15-27-22/h10-16,18,23,28H,7-9H2,1-6H3/b19-17-/t18?,23?,24-,25?/m1/s1. The maximum atomic E-state index is 10.1. The van der Waals surface area contributed by atoms with E-state index in [0.29, 0.717) is 5.76 Å². The number of aliphatic hydroxyl groups excluding tert-OH is 1. The minimum atomic E-state index is -0.113. The van der Waals surface area contributed by atoms with Crippen LogP contribution in [0.5, 0.6) is 0 Å². The summed E-state index contributed by atoms with van der Waals surface area (Å²) in [6.45, 7) is 12.7. The Labute approximate surface area is 175 Å². The minimum Gasteiger partial charge on any atom is -0.513 e.